The van der Waals surface area contributed by atoms with E-state index in [1.165, 1.54) is 11.0 Å². The zero-order valence-corrected chi connectivity index (χ0v) is 19.3. The second kappa shape index (κ2) is 8.63. The Morgan fingerprint density at radius 3 is 2.51 bits per heavy atom. The molecule has 1 amide bonds. The van der Waals surface area contributed by atoms with E-state index in [-0.39, 0.29) is 34.1 Å². The first-order valence-corrected chi connectivity index (χ1v) is 11.3. The monoisotopic (exact) mass is 544 g/mol. The van der Waals surface area contributed by atoms with E-state index in [1.807, 2.05) is 0 Å². The predicted octanol–water partition coefficient (Wildman–Crippen LogP) is 5.66. The van der Waals surface area contributed by atoms with Crippen molar-refractivity contribution in [3.63, 3.8) is 0 Å². The van der Waals surface area contributed by atoms with E-state index in [0.29, 0.717) is 18.5 Å². The van der Waals surface area contributed by atoms with Gasteiger partial charge in [-0.05, 0) is 37.1 Å². The van der Waals surface area contributed by atoms with Gasteiger partial charge in [0.15, 0.2) is 0 Å². The molecule has 2 aliphatic heterocycles. The second-order valence-corrected chi connectivity index (χ2v) is 9.72. The maximum absolute atomic E-state index is 14.7. The van der Waals surface area contributed by atoms with Crippen LogP contribution < -0.4 is 0 Å². The largest absolute Gasteiger partial charge is 0.435 e. The van der Waals surface area contributed by atoms with E-state index in [0.717, 1.165) is 11.3 Å². The van der Waals surface area contributed by atoms with Crippen molar-refractivity contribution in [3.8, 4) is 0 Å². The third kappa shape index (κ3) is 4.49. The zero-order valence-electron chi connectivity index (χ0n) is 17.7. The van der Waals surface area contributed by atoms with Gasteiger partial charge >= 0.3 is 12.4 Å². The normalized spacial score (nSPS) is 23.0. The molecule has 1 saturated heterocycles. The fraction of sp³-hybridized carbons (Fsp3) is 0.429. The fourth-order valence-electron chi connectivity index (χ4n) is 3.97. The van der Waals surface area contributed by atoms with E-state index in [4.69, 9.17) is 11.6 Å². The summed E-state index contributed by atoms with van der Waals surface area (Å²) in [5, 5.41) is 11.9. The summed E-state index contributed by atoms with van der Waals surface area (Å²) in [7, 11) is 0. The lowest BCUT2D eigenvalue weighted by Crippen LogP contribution is -2.43. The van der Waals surface area contributed by atoms with Crippen molar-refractivity contribution < 1.29 is 45.5 Å². The number of halogens is 8. The lowest BCUT2D eigenvalue weighted by atomic mass is 9.86. The van der Waals surface area contributed by atoms with Crippen molar-refractivity contribution >= 4 is 34.6 Å². The summed E-state index contributed by atoms with van der Waals surface area (Å²) in [4.78, 5) is 19.1. The Kier molecular flexibility index (Phi) is 6.34. The number of aliphatic hydroxyl groups is 1. The Labute approximate surface area is 202 Å². The first kappa shape index (κ1) is 25.7. The van der Waals surface area contributed by atoms with Gasteiger partial charge in [0.1, 0.15) is 11.5 Å². The van der Waals surface area contributed by atoms with E-state index < -0.39 is 58.4 Å². The molecule has 1 fully saturated rings. The molecule has 0 aliphatic carbocycles. The maximum Gasteiger partial charge on any atom is 0.435 e. The number of hydrogen-bond acceptors (Lipinski definition) is 5. The Morgan fingerprint density at radius 1 is 1.26 bits per heavy atom. The number of rotatable bonds is 3. The molecule has 0 radical (unpaired) electrons. The topological polar surface area (TPSA) is 62.1 Å². The molecule has 2 aromatic rings. The maximum atomic E-state index is 14.7. The molecule has 0 spiro atoms. The van der Waals surface area contributed by atoms with E-state index >= 15 is 0 Å². The molecular formula is C21H16ClF7N2O3S. The van der Waals surface area contributed by atoms with E-state index in [2.05, 4.69) is 9.99 Å². The lowest BCUT2D eigenvalue weighted by molar-refractivity contribution is -0.276. The average Bonchev–Trinajstić information content (AvgIpc) is 3.46. The summed E-state index contributed by atoms with van der Waals surface area (Å²) in [6, 6.07) is 1.60. The summed E-state index contributed by atoms with van der Waals surface area (Å²) in [6.07, 6.45) is -11.9. The number of amides is 1. The number of oxime groups is 1. The summed E-state index contributed by atoms with van der Waals surface area (Å²) in [5.41, 5.74) is -6.47. The SMILES string of the molecule is Cc1cc(C2=NOC(c3cc(C(F)(F)F)cc(Cl)c3F)(C(F)(F)F)C2)sc1C(=O)N1CCC(O)C1. The Balaban J connectivity index is 1.71. The molecule has 1 N–H and O–H groups in total. The van der Waals surface area contributed by atoms with Crippen molar-refractivity contribution in [3.05, 3.63) is 55.5 Å². The number of nitrogens with zero attached hydrogens (tertiary/aromatic N) is 2. The summed E-state index contributed by atoms with van der Waals surface area (Å²) in [5.74, 6) is -2.13. The van der Waals surface area contributed by atoms with Crippen molar-refractivity contribution in [1.82, 2.24) is 4.90 Å². The number of aliphatic hydroxyl groups excluding tert-OH is 1. The predicted molar refractivity (Wildman–Crippen MR) is 112 cm³/mol. The average molecular weight is 545 g/mol. The number of aryl methyl sites for hydroxylation is 1. The third-order valence-electron chi connectivity index (χ3n) is 5.82. The highest BCUT2D eigenvalue weighted by molar-refractivity contribution is 7.16. The summed E-state index contributed by atoms with van der Waals surface area (Å²) >= 11 is 6.33. The molecule has 2 unspecified atom stereocenters. The highest BCUT2D eigenvalue weighted by Crippen LogP contribution is 2.51. The van der Waals surface area contributed by atoms with Crippen LogP contribution in [0.4, 0.5) is 30.7 Å². The van der Waals surface area contributed by atoms with Crippen LogP contribution in [0.2, 0.25) is 5.02 Å². The fourth-order valence-corrected chi connectivity index (χ4v) is 5.31. The number of β-amino-alcohol motifs (C(OH)–C–C–N with tert-alkyl or cyclic N) is 1. The molecule has 3 heterocycles. The van der Waals surface area contributed by atoms with Crippen molar-refractivity contribution in [2.75, 3.05) is 13.1 Å². The minimum atomic E-state index is -5.37. The van der Waals surface area contributed by atoms with Crippen LogP contribution in [0.5, 0.6) is 0 Å². The van der Waals surface area contributed by atoms with Crippen molar-refractivity contribution in [2.24, 2.45) is 5.16 Å². The van der Waals surface area contributed by atoms with Gasteiger partial charge in [-0.25, -0.2) is 4.39 Å². The Morgan fingerprint density at radius 2 is 1.94 bits per heavy atom. The molecule has 1 aromatic heterocycles. The van der Waals surface area contributed by atoms with Crippen molar-refractivity contribution in [2.45, 2.75) is 43.8 Å². The van der Waals surface area contributed by atoms with Crippen molar-refractivity contribution in [1.29, 1.82) is 0 Å². The zero-order chi connectivity index (χ0) is 25.9. The first-order chi connectivity index (χ1) is 16.1. The molecule has 4 rings (SSSR count). The summed E-state index contributed by atoms with van der Waals surface area (Å²) in [6.45, 7) is 1.98. The highest BCUT2D eigenvalue weighted by Gasteiger charge is 2.64. The number of alkyl halides is 6. The third-order valence-corrected chi connectivity index (χ3v) is 7.37. The minimum absolute atomic E-state index is 0.0144. The number of thiophene rings is 1. The van der Waals surface area contributed by atoms with Crippen LogP contribution in [0, 0.1) is 12.7 Å². The van der Waals surface area contributed by atoms with Gasteiger partial charge in [-0.3, -0.25) is 4.79 Å². The van der Waals surface area contributed by atoms with Gasteiger partial charge in [-0.2, -0.15) is 26.3 Å². The molecule has 5 nitrogen and oxygen atoms in total. The van der Waals surface area contributed by atoms with Crippen LogP contribution in [-0.4, -0.2) is 47.0 Å². The van der Waals surface area contributed by atoms with Gasteiger partial charge in [-0.15, -0.1) is 11.3 Å². The van der Waals surface area contributed by atoms with Crippen LogP contribution >= 0.6 is 22.9 Å². The van der Waals surface area contributed by atoms with Gasteiger partial charge < -0.3 is 14.8 Å². The molecular weight excluding hydrogens is 529 g/mol. The van der Waals surface area contributed by atoms with Gasteiger partial charge in [0.05, 0.1) is 32.9 Å². The molecule has 0 bridgehead atoms. The summed E-state index contributed by atoms with van der Waals surface area (Å²) < 4.78 is 97.0. The van der Waals surface area contributed by atoms with Crippen LogP contribution in [-0.2, 0) is 16.6 Å². The minimum Gasteiger partial charge on any atom is -0.391 e. The molecule has 190 valence electrons. The first-order valence-electron chi connectivity index (χ1n) is 10.1. The molecule has 2 atom stereocenters. The van der Waals surface area contributed by atoms with Gasteiger partial charge in [0.2, 0.25) is 0 Å². The van der Waals surface area contributed by atoms with Gasteiger partial charge in [-0.1, -0.05) is 16.8 Å². The molecule has 0 saturated carbocycles. The van der Waals surface area contributed by atoms with E-state index in [9.17, 15) is 40.6 Å². The Bertz CT molecular complexity index is 1210. The quantitative estimate of drug-likeness (QED) is 0.508. The number of carbonyl (C=O) groups excluding carboxylic acids is 1. The molecule has 2 aliphatic rings. The van der Waals surface area contributed by atoms with Gasteiger partial charge in [0, 0.05) is 18.7 Å². The van der Waals surface area contributed by atoms with E-state index in [1.54, 1.807) is 6.92 Å². The van der Waals surface area contributed by atoms with Crippen LogP contribution in [0.15, 0.2) is 23.4 Å². The lowest BCUT2D eigenvalue weighted by Gasteiger charge is -2.30. The van der Waals surface area contributed by atoms with Gasteiger partial charge in [0.25, 0.3) is 11.5 Å². The number of hydrogen-bond donors (Lipinski definition) is 1. The number of likely N-dealkylation sites (tertiary alicyclic amines) is 1. The smallest absolute Gasteiger partial charge is 0.391 e. The number of carbonyl (C=O) groups is 1. The number of benzene rings is 1. The van der Waals surface area contributed by atoms with Crippen LogP contribution in [0.25, 0.3) is 0 Å². The second-order valence-electron chi connectivity index (χ2n) is 8.26. The molecule has 35 heavy (non-hydrogen) atoms. The highest BCUT2D eigenvalue weighted by atomic mass is 35.5. The molecule has 1 aromatic carbocycles. The van der Waals surface area contributed by atoms with Crippen LogP contribution in [0.1, 0.15) is 44.1 Å². The standard InChI is InChI=1S/C21H16ClF7N2O3S/c1-9-4-15(35-17(9)18(33)31-3-2-11(32)8-31)14-7-19(34-30-14,21(27,28)29)12-5-10(20(24,25)26)6-13(22)16(12)23/h4-6,11,32H,2-3,7-8H2,1H3. The van der Waals surface area contributed by atoms with Crippen LogP contribution in [0.3, 0.4) is 0 Å². The molecule has 14 heteroatoms. The Hall–Kier alpha value is -2.38.